The average Bonchev–Trinajstić information content (AvgIpc) is 2.39. The Kier molecular flexibility index (Phi) is 3.62. The van der Waals surface area contributed by atoms with Crippen molar-refractivity contribution in [3.63, 3.8) is 0 Å². The second kappa shape index (κ2) is 5.20. The average molecular weight is 255 g/mol. The van der Waals surface area contributed by atoms with Crippen LogP contribution in [0.25, 0.3) is 11.3 Å². The third-order valence-corrected chi connectivity index (χ3v) is 2.65. The van der Waals surface area contributed by atoms with Crippen molar-refractivity contribution >= 4 is 11.7 Å². The number of benzene rings is 1. The minimum Gasteiger partial charge on any atom is -0.318 e. The van der Waals surface area contributed by atoms with Gasteiger partial charge in [0.25, 0.3) is 0 Å². The first-order valence-corrected chi connectivity index (χ1v) is 6.09. The SMILES string of the molecule is CC(C)(N)C(=O)Nc1cccc(-c2ccccc2)n1. The highest BCUT2D eigenvalue weighted by molar-refractivity contribution is 5.96. The fourth-order valence-corrected chi connectivity index (χ4v) is 1.55. The zero-order chi connectivity index (χ0) is 13.9. The Morgan fingerprint density at radius 2 is 1.79 bits per heavy atom. The van der Waals surface area contributed by atoms with Gasteiger partial charge in [-0.1, -0.05) is 36.4 Å². The van der Waals surface area contributed by atoms with E-state index in [-0.39, 0.29) is 5.91 Å². The normalized spacial score (nSPS) is 11.1. The molecule has 0 saturated heterocycles. The number of nitrogens with two attached hydrogens (primary N) is 1. The molecule has 0 aliphatic heterocycles. The number of hydrogen-bond acceptors (Lipinski definition) is 3. The molecule has 0 saturated carbocycles. The maximum atomic E-state index is 11.8. The van der Waals surface area contributed by atoms with Crippen LogP contribution in [0.5, 0.6) is 0 Å². The quantitative estimate of drug-likeness (QED) is 0.885. The Morgan fingerprint density at radius 1 is 1.11 bits per heavy atom. The lowest BCUT2D eigenvalue weighted by molar-refractivity contribution is -0.120. The van der Waals surface area contributed by atoms with E-state index in [1.54, 1.807) is 19.9 Å². The van der Waals surface area contributed by atoms with Crippen LogP contribution < -0.4 is 11.1 Å². The lowest BCUT2D eigenvalue weighted by Gasteiger charge is -2.17. The molecule has 1 aromatic heterocycles. The van der Waals surface area contributed by atoms with E-state index in [0.29, 0.717) is 5.82 Å². The van der Waals surface area contributed by atoms with E-state index in [1.807, 2.05) is 42.5 Å². The molecule has 0 unspecified atom stereocenters. The van der Waals surface area contributed by atoms with Crippen LogP contribution in [0.2, 0.25) is 0 Å². The van der Waals surface area contributed by atoms with Gasteiger partial charge >= 0.3 is 0 Å². The summed E-state index contributed by atoms with van der Waals surface area (Å²) in [6, 6.07) is 15.3. The van der Waals surface area contributed by atoms with Crippen molar-refractivity contribution in [3.8, 4) is 11.3 Å². The number of hydrogen-bond donors (Lipinski definition) is 2. The molecule has 19 heavy (non-hydrogen) atoms. The highest BCUT2D eigenvalue weighted by Crippen LogP contribution is 2.18. The van der Waals surface area contributed by atoms with Crippen LogP contribution in [-0.2, 0) is 4.79 Å². The molecular weight excluding hydrogens is 238 g/mol. The number of amides is 1. The van der Waals surface area contributed by atoms with E-state index < -0.39 is 5.54 Å². The van der Waals surface area contributed by atoms with Crippen LogP contribution in [0.3, 0.4) is 0 Å². The van der Waals surface area contributed by atoms with Crippen LogP contribution in [0, 0.1) is 0 Å². The fraction of sp³-hybridized carbons (Fsp3) is 0.200. The third-order valence-electron chi connectivity index (χ3n) is 2.65. The van der Waals surface area contributed by atoms with E-state index in [0.717, 1.165) is 11.3 Å². The van der Waals surface area contributed by atoms with E-state index in [9.17, 15) is 4.79 Å². The Bertz CT molecular complexity index is 573. The first-order chi connectivity index (χ1) is 8.97. The van der Waals surface area contributed by atoms with E-state index in [2.05, 4.69) is 10.3 Å². The zero-order valence-electron chi connectivity index (χ0n) is 11.1. The number of nitrogens with one attached hydrogen (secondary N) is 1. The van der Waals surface area contributed by atoms with Gasteiger partial charge in [0.2, 0.25) is 5.91 Å². The zero-order valence-corrected chi connectivity index (χ0v) is 11.1. The molecule has 98 valence electrons. The van der Waals surface area contributed by atoms with Gasteiger partial charge in [-0.15, -0.1) is 0 Å². The number of nitrogens with zero attached hydrogens (tertiary/aromatic N) is 1. The van der Waals surface area contributed by atoms with Gasteiger partial charge in [0.15, 0.2) is 0 Å². The van der Waals surface area contributed by atoms with Gasteiger partial charge in [-0.25, -0.2) is 4.98 Å². The minimum absolute atomic E-state index is 0.259. The molecule has 0 radical (unpaired) electrons. The van der Waals surface area contributed by atoms with Crippen molar-refractivity contribution in [1.29, 1.82) is 0 Å². The summed E-state index contributed by atoms with van der Waals surface area (Å²) in [7, 11) is 0. The maximum absolute atomic E-state index is 11.8. The maximum Gasteiger partial charge on any atom is 0.245 e. The molecule has 0 bridgehead atoms. The van der Waals surface area contributed by atoms with Crippen molar-refractivity contribution in [2.75, 3.05) is 5.32 Å². The Morgan fingerprint density at radius 3 is 2.42 bits per heavy atom. The van der Waals surface area contributed by atoms with Crippen molar-refractivity contribution in [3.05, 3.63) is 48.5 Å². The van der Waals surface area contributed by atoms with Crippen molar-refractivity contribution < 1.29 is 4.79 Å². The molecule has 2 rings (SSSR count). The third kappa shape index (κ3) is 3.39. The monoisotopic (exact) mass is 255 g/mol. The summed E-state index contributed by atoms with van der Waals surface area (Å²) in [6.07, 6.45) is 0. The molecule has 3 N–H and O–H groups in total. The molecular formula is C15H17N3O. The highest BCUT2D eigenvalue weighted by Gasteiger charge is 2.22. The van der Waals surface area contributed by atoms with Gasteiger partial charge in [0.05, 0.1) is 11.2 Å². The van der Waals surface area contributed by atoms with Gasteiger partial charge in [-0.05, 0) is 26.0 Å². The van der Waals surface area contributed by atoms with Crippen molar-refractivity contribution in [2.24, 2.45) is 5.73 Å². The van der Waals surface area contributed by atoms with E-state index in [1.165, 1.54) is 0 Å². The summed E-state index contributed by atoms with van der Waals surface area (Å²) in [4.78, 5) is 16.2. The Labute approximate surface area is 112 Å². The lowest BCUT2D eigenvalue weighted by atomic mass is 10.1. The summed E-state index contributed by atoms with van der Waals surface area (Å²) >= 11 is 0. The van der Waals surface area contributed by atoms with Crippen molar-refractivity contribution in [1.82, 2.24) is 4.98 Å². The molecule has 1 amide bonds. The predicted octanol–water partition coefficient (Wildman–Crippen LogP) is 2.42. The van der Waals surface area contributed by atoms with Gasteiger partial charge < -0.3 is 11.1 Å². The molecule has 0 aliphatic carbocycles. The molecule has 0 spiro atoms. The topological polar surface area (TPSA) is 68.0 Å². The van der Waals surface area contributed by atoms with Crippen LogP contribution in [0.15, 0.2) is 48.5 Å². The number of rotatable bonds is 3. The van der Waals surface area contributed by atoms with Crippen LogP contribution in [0.1, 0.15) is 13.8 Å². The number of pyridine rings is 1. The first kappa shape index (κ1) is 13.2. The number of carbonyl (C=O) groups is 1. The Hall–Kier alpha value is -2.20. The van der Waals surface area contributed by atoms with Gasteiger partial charge in [-0.2, -0.15) is 0 Å². The summed E-state index contributed by atoms with van der Waals surface area (Å²) in [5.74, 6) is 0.245. The first-order valence-electron chi connectivity index (χ1n) is 6.09. The predicted molar refractivity (Wildman–Crippen MR) is 76.6 cm³/mol. The lowest BCUT2D eigenvalue weighted by Crippen LogP contribution is -2.45. The second-order valence-corrected chi connectivity index (χ2v) is 4.95. The molecule has 1 aromatic carbocycles. The molecule has 4 nitrogen and oxygen atoms in total. The van der Waals surface area contributed by atoms with Crippen LogP contribution in [0.4, 0.5) is 5.82 Å². The summed E-state index contributed by atoms with van der Waals surface area (Å²) in [5.41, 5.74) is 6.63. The van der Waals surface area contributed by atoms with Gasteiger partial charge in [0.1, 0.15) is 5.82 Å². The minimum atomic E-state index is -0.926. The smallest absolute Gasteiger partial charge is 0.245 e. The standard InChI is InChI=1S/C15H17N3O/c1-15(2,16)14(19)18-13-10-6-9-12(17-13)11-7-4-3-5-8-11/h3-10H,16H2,1-2H3,(H,17,18,19). The van der Waals surface area contributed by atoms with E-state index in [4.69, 9.17) is 5.73 Å². The number of anilines is 1. The van der Waals surface area contributed by atoms with E-state index >= 15 is 0 Å². The summed E-state index contributed by atoms with van der Waals surface area (Å²) < 4.78 is 0. The van der Waals surface area contributed by atoms with Gasteiger partial charge in [0, 0.05) is 5.56 Å². The molecule has 0 aliphatic rings. The largest absolute Gasteiger partial charge is 0.318 e. The summed E-state index contributed by atoms with van der Waals surface area (Å²) in [5, 5.41) is 2.72. The molecule has 4 heteroatoms. The van der Waals surface area contributed by atoms with Crippen LogP contribution in [-0.4, -0.2) is 16.4 Å². The van der Waals surface area contributed by atoms with Gasteiger partial charge in [-0.3, -0.25) is 4.79 Å². The van der Waals surface area contributed by atoms with Crippen molar-refractivity contribution in [2.45, 2.75) is 19.4 Å². The molecule has 0 atom stereocenters. The summed E-state index contributed by atoms with van der Waals surface area (Å²) in [6.45, 7) is 3.31. The van der Waals surface area contributed by atoms with Crippen LogP contribution >= 0.6 is 0 Å². The molecule has 0 fully saturated rings. The molecule has 1 heterocycles. The fourth-order valence-electron chi connectivity index (χ4n) is 1.55. The Balaban J connectivity index is 2.24. The highest BCUT2D eigenvalue weighted by atomic mass is 16.2. The molecule has 2 aromatic rings. The number of aromatic nitrogens is 1. The second-order valence-electron chi connectivity index (χ2n) is 4.95. The number of carbonyl (C=O) groups excluding carboxylic acids is 1.